The predicted octanol–water partition coefficient (Wildman–Crippen LogP) is 4.25. The van der Waals surface area contributed by atoms with Crippen molar-refractivity contribution in [2.45, 2.75) is 24.3 Å². The summed E-state index contributed by atoms with van der Waals surface area (Å²) in [6.45, 7) is 0.417. The second-order valence-electron chi connectivity index (χ2n) is 7.02. The molecule has 0 aliphatic carbocycles. The van der Waals surface area contributed by atoms with Gasteiger partial charge in [-0.05, 0) is 47.9 Å². The number of anilines is 2. The molecule has 1 aliphatic rings. The Kier molecular flexibility index (Phi) is 5.26. The summed E-state index contributed by atoms with van der Waals surface area (Å²) in [6.07, 6.45) is 0.786. The SMILES string of the molecule is O=C1CCc2cc(NS(=O)(=O)c3cc(F)cc(F)c3)ccc2N1Cc1ccccc1. The van der Waals surface area contributed by atoms with E-state index in [1.807, 2.05) is 30.3 Å². The zero-order valence-electron chi connectivity index (χ0n) is 15.8. The van der Waals surface area contributed by atoms with E-state index in [9.17, 15) is 22.0 Å². The van der Waals surface area contributed by atoms with Gasteiger partial charge in [0, 0.05) is 23.9 Å². The molecule has 5 nitrogen and oxygen atoms in total. The number of sulfonamides is 1. The van der Waals surface area contributed by atoms with Crippen LogP contribution in [-0.2, 0) is 27.8 Å². The number of amides is 1. The first-order valence-corrected chi connectivity index (χ1v) is 10.8. The smallest absolute Gasteiger partial charge is 0.262 e. The molecule has 0 bridgehead atoms. The second-order valence-corrected chi connectivity index (χ2v) is 8.70. The third kappa shape index (κ3) is 4.18. The zero-order valence-corrected chi connectivity index (χ0v) is 16.6. The van der Waals surface area contributed by atoms with Crippen LogP contribution in [0, 0.1) is 11.6 Å². The molecule has 4 rings (SSSR count). The van der Waals surface area contributed by atoms with Gasteiger partial charge in [0.15, 0.2) is 0 Å². The lowest BCUT2D eigenvalue weighted by Crippen LogP contribution is -2.34. The Hall–Kier alpha value is -3.26. The maximum atomic E-state index is 13.4. The molecule has 0 aromatic heterocycles. The largest absolute Gasteiger partial charge is 0.308 e. The molecule has 1 amide bonds. The number of hydrogen-bond donors (Lipinski definition) is 1. The van der Waals surface area contributed by atoms with Gasteiger partial charge in [-0.3, -0.25) is 9.52 Å². The number of carbonyl (C=O) groups is 1. The van der Waals surface area contributed by atoms with Crippen LogP contribution in [0.1, 0.15) is 17.5 Å². The molecule has 154 valence electrons. The Morgan fingerprint density at radius 1 is 0.900 bits per heavy atom. The number of benzene rings is 3. The highest BCUT2D eigenvalue weighted by Crippen LogP contribution is 2.32. The molecule has 3 aromatic rings. The van der Waals surface area contributed by atoms with Crippen molar-refractivity contribution in [2.24, 2.45) is 0 Å². The van der Waals surface area contributed by atoms with E-state index in [-0.39, 0.29) is 11.6 Å². The average Bonchev–Trinajstić information content (AvgIpc) is 2.70. The third-order valence-electron chi connectivity index (χ3n) is 4.86. The van der Waals surface area contributed by atoms with Gasteiger partial charge < -0.3 is 4.90 Å². The maximum absolute atomic E-state index is 13.4. The van der Waals surface area contributed by atoms with E-state index >= 15 is 0 Å². The lowest BCUT2D eigenvalue weighted by atomic mass is 10.00. The summed E-state index contributed by atoms with van der Waals surface area (Å²) >= 11 is 0. The van der Waals surface area contributed by atoms with Gasteiger partial charge in [0.1, 0.15) is 11.6 Å². The van der Waals surface area contributed by atoms with E-state index in [2.05, 4.69) is 4.72 Å². The van der Waals surface area contributed by atoms with Gasteiger partial charge in [-0.25, -0.2) is 17.2 Å². The molecule has 8 heteroatoms. The van der Waals surface area contributed by atoms with E-state index in [1.54, 1.807) is 17.0 Å². The van der Waals surface area contributed by atoms with Crippen molar-refractivity contribution in [1.82, 2.24) is 0 Å². The lowest BCUT2D eigenvalue weighted by Gasteiger charge is -2.30. The van der Waals surface area contributed by atoms with Crippen LogP contribution < -0.4 is 9.62 Å². The number of nitrogens with zero attached hydrogens (tertiary/aromatic N) is 1. The molecule has 3 aromatic carbocycles. The van der Waals surface area contributed by atoms with Crippen LogP contribution in [0.5, 0.6) is 0 Å². The molecule has 1 N–H and O–H groups in total. The summed E-state index contributed by atoms with van der Waals surface area (Å²) in [6, 6.07) is 16.5. The standard InChI is InChI=1S/C22H18F2N2O3S/c23-17-11-18(24)13-20(12-17)30(28,29)25-19-7-8-21-16(10-19)6-9-22(27)26(21)14-15-4-2-1-3-5-15/h1-5,7-8,10-13,25H,6,9,14H2. The minimum atomic E-state index is -4.17. The Balaban J connectivity index is 1.61. The van der Waals surface area contributed by atoms with Gasteiger partial charge in [0.2, 0.25) is 5.91 Å². The van der Waals surface area contributed by atoms with Crippen molar-refractivity contribution >= 4 is 27.3 Å². The predicted molar refractivity (Wildman–Crippen MR) is 110 cm³/mol. The number of rotatable bonds is 5. The number of aryl methyl sites for hydroxylation is 1. The van der Waals surface area contributed by atoms with Crippen molar-refractivity contribution in [2.75, 3.05) is 9.62 Å². The third-order valence-corrected chi connectivity index (χ3v) is 6.22. The fourth-order valence-electron chi connectivity index (χ4n) is 3.46. The fourth-order valence-corrected chi connectivity index (χ4v) is 4.55. The highest BCUT2D eigenvalue weighted by atomic mass is 32.2. The Morgan fingerprint density at radius 3 is 2.30 bits per heavy atom. The molecule has 1 aliphatic heterocycles. The van der Waals surface area contributed by atoms with Crippen molar-refractivity contribution in [3.63, 3.8) is 0 Å². The van der Waals surface area contributed by atoms with E-state index in [1.165, 1.54) is 6.07 Å². The molecule has 0 spiro atoms. The van der Waals surface area contributed by atoms with Crippen molar-refractivity contribution < 1.29 is 22.0 Å². The highest BCUT2D eigenvalue weighted by molar-refractivity contribution is 7.92. The van der Waals surface area contributed by atoms with E-state index < -0.39 is 26.6 Å². The second kappa shape index (κ2) is 7.87. The summed E-state index contributed by atoms with van der Waals surface area (Å²) in [7, 11) is -4.17. The first-order valence-electron chi connectivity index (χ1n) is 9.28. The fraction of sp³-hybridized carbons (Fsp3) is 0.136. The molecule has 0 atom stereocenters. The molecule has 0 radical (unpaired) electrons. The summed E-state index contributed by atoms with van der Waals surface area (Å²) < 4.78 is 54.2. The van der Waals surface area contributed by atoms with E-state index in [4.69, 9.17) is 0 Å². The molecule has 0 saturated heterocycles. The molecule has 1 heterocycles. The summed E-state index contributed by atoms with van der Waals surface area (Å²) in [5.74, 6) is -1.96. The van der Waals surface area contributed by atoms with Gasteiger partial charge in [-0.2, -0.15) is 0 Å². The molecular formula is C22H18F2N2O3S. The molecule has 0 unspecified atom stereocenters. The van der Waals surface area contributed by atoms with Crippen LogP contribution in [0.4, 0.5) is 20.2 Å². The number of fused-ring (bicyclic) bond motifs is 1. The maximum Gasteiger partial charge on any atom is 0.262 e. The van der Waals surface area contributed by atoms with Crippen molar-refractivity contribution in [3.8, 4) is 0 Å². The van der Waals surface area contributed by atoms with Crippen LogP contribution in [0.2, 0.25) is 0 Å². The van der Waals surface area contributed by atoms with E-state index in [0.717, 1.165) is 28.9 Å². The first-order chi connectivity index (χ1) is 14.3. The number of halogens is 2. The monoisotopic (exact) mass is 428 g/mol. The zero-order chi connectivity index (χ0) is 21.3. The van der Waals surface area contributed by atoms with Crippen molar-refractivity contribution in [3.05, 3.63) is 89.5 Å². The van der Waals surface area contributed by atoms with Crippen LogP contribution in [0.25, 0.3) is 0 Å². The van der Waals surface area contributed by atoms with Gasteiger partial charge >= 0.3 is 0 Å². The number of hydrogen-bond acceptors (Lipinski definition) is 3. The Labute approximate surface area is 173 Å². The lowest BCUT2D eigenvalue weighted by molar-refractivity contribution is -0.119. The first kappa shape index (κ1) is 20.0. The van der Waals surface area contributed by atoms with Crippen LogP contribution in [-0.4, -0.2) is 14.3 Å². The topological polar surface area (TPSA) is 66.5 Å². The highest BCUT2D eigenvalue weighted by Gasteiger charge is 2.25. The molecule has 0 fully saturated rings. The molecule has 0 saturated carbocycles. The molecular weight excluding hydrogens is 410 g/mol. The minimum Gasteiger partial charge on any atom is -0.308 e. The summed E-state index contributed by atoms with van der Waals surface area (Å²) in [5, 5.41) is 0. The van der Waals surface area contributed by atoms with Crippen LogP contribution in [0.3, 0.4) is 0 Å². The summed E-state index contributed by atoms with van der Waals surface area (Å²) in [5.41, 5.74) is 2.77. The summed E-state index contributed by atoms with van der Waals surface area (Å²) in [4.78, 5) is 13.6. The number of carbonyl (C=O) groups excluding carboxylic acids is 1. The van der Waals surface area contributed by atoms with Gasteiger partial charge in [0.05, 0.1) is 11.4 Å². The number of nitrogens with one attached hydrogen (secondary N) is 1. The average molecular weight is 428 g/mol. The van der Waals surface area contributed by atoms with Crippen LogP contribution >= 0.6 is 0 Å². The normalized spacial score (nSPS) is 13.8. The van der Waals surface area contributed by atoms with Crippen molar-refractivity contribution in [1.29, 1.82) is 0 Å². The van der Waals surface area contributed by atoms with Gasteiger partial charge in [0.25, 0.3) is 10.0 Å². The van der Waals surface area contributed by atoms with Crippen LogP contribution in [0.15, 0.2) is 71.6 Å². The van der Waals surface area contributed by atoms with Gasteiger partial charge in [-0.1, -0.05) is 30.3 Å². The minimum absolute atomic E-state index is 0.00470. The van der Waals surface area contributed by atoms with E-state index in [0.29, 0.717) is 25.5 Å². The Morgan fingerprint density at radius 2 is 1.60 bits per heavy atom. The quantitative estimate of drug-likeness (QED) is 0.661. The Bertz CT molecular complexity index is 1190. The van der Waals surface area contributed by atoms with Gasteiger partial charge in [-0.15, -0.1) is 0 Å². The molecule has 30 heavy (non-hydrogen) atoms.